The van der Waals surface area contributed by atoms with Gasteiger partial charge in [0.25, 0.3) is 0 Å². The number of benzene rings is 2. The maximum absolute atomic E-state index is 13.5. The number of anilines is 1. The number of pyridine rings is 1. The third kappa shape index (κ3) is 6.25. The summed E-state index contributed by atoms with van der Waals surface area (Å²) >= 11 is 6.23. The van der Waals surface area contributed by atoms with E-state index in [0.717, 1.165) is 53.4 Å². The maximum Gasteiger partial charge on any atom is 0.320 e. The molecule has 4 heterocycles. The zero-order valence-electron chi connectivity index (χ0n) is 26.9. The zero-order chi connectivity index (χ0) is 32.9. The van der Waals surface area contributed by atoms with Gasteiger partial charge in [0.1, 0.15) is 23.4 Å². The van der Waals surface area contributed by atoms with Gasteiger partial charge < -0.3 is 15.2 Å². The number of halogens is 1. The minimum atomic E-state index is -0.362. The van der Waals surface area contributed by atoms with Gasteiger partial charge in [-0.2, -0.15) is 5.10 Å². The highest BCUT2D eigenvalue weighted by molar-refractivity contribution is 6.30. The van der Waals surface area contributed by atoms with Crippen molar-refractivity contribution in [3.8, 4) is 17.2 Å². The number of carbonyl (C=O) groups excluding carboxylic acids is 1. The molecule has 3 atom stereocenters. The number of nitrogens with zero attached hydrogens (tertiary/aromatic N) is 6. The number of fused-ring (bicyclic) bond motifs is 2. The topological polar surface area (TPSA) is 122 Å². The number of urea groups is 1. The van der Waals surface area contributed by atoms with Crippen LogP contribution < -0.4 is 15.4 Å². The van der Waals surface area contributed by atoms with Gasteiger partial charge in [0.15, 0.2) is 11.5 Å². The van der Waals surface area contributed by atoms with Crippen LogP contribution in [0.15, 0.2) is 66.9 Å². The van der Waals surface area contributed by atoms with Crippen LogP contribution in [-0.2, 0) is 5.41 Å². The summed E-state index contributed by atoms with van der Waals surface area (Å²) in [7, 11) is 2.13. The van der Waals surface area contributed by atoms with E-state index in [4.69, 9.17) is 21.4 Å². The number of amides is 2. The number of rotatable bonds is 6. The number of nitrogens with one attached hydrogen (secondary N) is 2. The van der Waals surface area contributed by atoms with Crippen LogP contribution in [0.1, 0.15) is 87.3 Å². The van der Waals surface area contributed by atoms with Crippen molar-refractivity contribution in [2.45, 2.75) is 70.1 Å². The molecule has 7 rings (SSSR count). The van der Waals surface area contributed by atoms with Gasteiger partial charge in [-0.1, -0.05) is 56.6 Å². The second-order valence-corrected chi connectivity index (χ2v) is 13.9. The van der Waals surface area contributed by atoms with E-state index in [-0.39, 0.29) is 35.4 Å². The van der Waals surface area contributed by atoms with Crippen LogP contribution in [0.5, 0.6) is 11.5 Å². The van der Waals surface area contributed by atoms with Crippen LogP contribution in [0.25, 0.3) is 11.3 Å². The van der Waals surface area contributed by atoms with Crippen molar-refractivity contribution < 1.29 is 14.6 Å². The Morgan fingerprint density at radius 1 is 1.02 bits per heavy atom. The van der Waals surface area contributed by atoms with E-state index in [1.165, 1.54) is 6.07 Å². The number of aromatic hydroxyl groups is 1. The van der Waals surface area contributed by atoms with Crippen molar-refractivity contribution in [3.63, 3.8) is 0 Å². The molecule has 5 aromatic rings. The van der Waals surface area contributed by atoms with Crippen LogP contribution in [0.3, 0.4) is 0 Å². The molecular formula is C35H39ClN8O3. The van der Waals surface area contributed by atoms with Crippen LogP contribution in [0, 0.1) is 0 Å². The van der Waals surface area contributed by atoms with Gasteiger partial charge in [0.05, 0.1) is 29.7 Å². The standard InChI is InChI=1S/C35H39ClN8O3/c1-35(2,3)30-19-32(44(41-30)22-16-21(36)17-23(45)18-22)38-34(46)37-27-12-13-29(26-9-6-5-8-25(26)27)47-24-11-14-31-39-40-33(43(31)20-24)28-10-7-15-42(28)4/h5-6,8-9,11,14,16-20,27-29,45H,7,10,12-13,15H2,1-4H3,(H2,37,38,46). The Labute approximate surface area is 278 Å². The Hall–Kier alpha value is -4.61. The molecular weight excluding hydrogens is 616 g/mol. The van der Waals surface area contributed by atoms with E-state index in [9.17, 15) is 9.90 Å². The molecule has 1 aliphatic carbocycles. The fraction of sp³-hybridized carbons (Fsp3) is 0.371. The third-order valence-corrected chi connectivity index (χ3v) is 9.29. The molecule has 3 aromatic heterocycles. The number of carbonyl (C=O) groups is 1. The molecule has 3 N–H and O–H groups in total. The molecule has 0 saturated carbocycles. The second-order valence-electron chi connectivity index (χ2n) is 13.5. The van der Waals surface area contributed by atoms with E-state index in [1.807, 2.05) is 67.8 Å². The molecule has 1 aliphatic heterocycles. The predicted molar refractivity (Wildman–Crippen MR) is 180 cm³/mol. The highest BCUT2D eigenvalue weighted by atomic mass is 35.5. The highest BCUT2D eigenvalue weighted by Crippen LogP contribution is 2.39. The number of hydrogen-bond donors (Lipinski definition) is 3. The molecule has 1 saturated heterocycles. The molecule has 2 amide bonds. The highest BCUT2D eigenvalue weighted by Gasteiger charge is 2.31. The van der Waals surface area contributed by atoms with Crippen LogP contribution in [0.4, 0.5) is 10.6 Å². The van der Waals surface area contributed by atoms with Gasteiger partial charge in [0.2, 0.25) is 0 Å². The van der Waals surface area contributed by atoms with E-state index >= 15 is 0 Å². The lowest BCUT2D eigenvalue weighted by molar-refractivity contribution is 0.171. The molecule has 47 heavy (non-hydrogen) atoms. The summed E-state index contributed by atoms with van der Waals surface area (Å²) in [5.41, 5.74) is 3.90. The van der Waals surface area contributed by atoms with Gasteiger partial charge in [-0.05, 0) is 74.7 Å². The van der Waals surface area contributed by atoms with Crippen molar-refractivity contribution in [1.82, 2.24) is 34.6 Å². The minimum Gasteiger partial charge on any atom is -0.508 e. The van der Waals surface area contributed by atoms with E-state index in [0.29, 0.717) is 29.4 Å². The smallest absolute Gasteiger partial charge is 0.320 e. The van der Waals surface area contributed by atoms with Crippen molar-refractivity contribution in [1.29, 1.82) is 0 Å². The van der Waals surface area contributed by atoms with Crippen LogP contribution in [0.2, 0.25) is 5.02 Å². The monoisotopic (exact) mass is 654 g/mol. The SMILES string of the molecule is CN1CCCC1c1nnc2ccc(OC3CCC(NC(=O)Nc4cc(C(C)(C)C)nn4-c4cc(O)cc(Cl)c4)c4ccccc43)cn12. The molecule has 1 fully saturated rings. The number of hydrogen-bond acceptors (Lipinski definition) is 7. The fourth-order valence-corrected chi connectivity index (χ4v) is 6.86. The van der Waals surface area contributed by atoms with Crippen molar-refractivity contribution in [3.05, 3.63) is 94.5 Å². The summed E-state index contributed by atoms with van der Waals surface area (Å²) in [5, 5.41) is 30.4. The van der Waals surface area contributed by atoms with Gasteiger partial charge in [-0.15, -0.1) is 10.2 Å². The first-order chi connectivity index (χ1) is 22.5. The molecule has 0 bridgehead atoms. The van der Waals surface area contributed by atoms with E-state index in [1.54, 1.807) is 16.8 Å². The summed E-state index contributed by atoms with van der Waals surface area (Å²) in [6.45, 7) is 7.20. The molecule has 0 radical (unpaired) electrons. The average Bonchev–Trinajstić information content (AvgIpc) is 3.76. The lowest BCUT2D eigenvalue weighted by Crippen LogP contribution is -2.36. The van der Waals surface area contributed by atoms with Crippen molar-refractivity contribution >= 4 is 29.1 Å². The van der Waals surface area contributed by atoms with Crippen molar-refractivity contribution in [2.75, 3.05) is 18.9 Å². The number of likely N-dealkylation sites (tertiary alicyclic amines) is 1. The Morgan fingerprint density at radius 2 is 1.83 bits per heavy atom. The fourth-order valence-electron chi connectivity index (χ4n) is 6.63. The predicted octanol–water partition coefficient (Wildman–Crippen LogP) is 7.11. The van der Waals surface area contributed by atoms with Gasteiger partial charge >= 0.3 is 6.03 Å². The summed E-state index contributed by atoms with van der Waals surface area (Å²) in [5.74, 6) is 2.16. The summed E-state index contributed by atoms with van der Waals surface area (Å²) < 4.78 is 10.2. The summed E-state index contributed by atoms with van der Waals surface area (Å²) in [6.07, 6.45) is 5.43. The number of phenols is 1. The Bertz CT molecular complexity index is 1930. The lowest BCUT2D eigenvalue weighted by atomic mass is 9.85. The van der Waals surface area contributed by atoms with Gasteiger partial charge in [-0.3, -0.25) is 14.6 Å². The number of aromatic nitrogens is 5. The molecule has 12 heteroatoms. The van der Waals surface area contributed by atoms with Crippen LogP contribution in [-0.4, -0.2) is 54.0 Å². The first-order valence-corrected chi connectivity index (χ1v) is 16.4. The molecule has 3 unspecified atom stereocenters. The summed E-state index contributed by atoms with van der Waals surface area (Å²) in [4.78, 5) is 15.8. The zero-order valence-corrected chi connectivity index (χ0v) is 27.7. The second kappa shape index (κ2) is 12.2. The molecule has 2 aliphatic rings. The first-order valence-electron chi connectivity index (χ1n) is 16.0. The number of ether oxygens (including phenoxy) is 1. The number of phenolic OH excluding ortho intramolecular Hbond substituents is 1. The van der Waals surface area contributed by atoms with E-state index < -0.39 is 0 Å². The minimum absolute atomic E-state index is 0.00904. The Balaban J connectivity index is 1.10. The Morgan fingerprint density at radius 3 is 2.57 bits per heavy atom. The third-order valence-electron chi connectivity index (χ3n) is 9.07. The molecule has 0 spiro atoms. The Kier molecular flexibility index (Phi) is 8.05. The van der Waals surface area contributed by atoms with Crippen LogP contribution >= 0.6 is 11.6 Å². The maximum atomic E-state index is 13.5. The van der Waals surface area contributed by atoms with E-state index in [2.05, 4.69) is 38.8 Å². The molecule has 11 nitrogen and oxygen atoms in total. The normalized spacial score (nSPS) is 19.9. The first kappa shape index (κ1) is 31.0. The molecule has 244 valence electrons. The van der Waals surface area contributed by atoms with Crippen molar-refractivity contribution in [2.24, 2.45) is 0 Å². The van der Waals surface area contributed by atoms with Gasteiger partial charge in [0, 0.05) is 22.6 Å². The average molecular weight is 655 g/mol. The quantitative estimate of drug-likeness (QED) is 0.178. The molecule has 2 aromatic carbocycles. The summed E-state index contributed by atoms with van der Waals surface area (Å²) in [6, 6.07) is 18.2. The van der Waals surface area contributed by atoms with Gasteiger partial charge in [-0.25, -0.2) is 9.48 Å². The largest absolute Gasteiger partial charge is 0.508 e. The lowest BCUT2D eigenvalue weighted by Gasteiger charge is -2.32.